The third kappa shape index (κ3) is 2.81. The Morgan fingerprint density at radius 3 is 2.21 bits per heavy atom. The molecule has 0 bridgehead atoms. The van der Waals surface area contributed by atoms with Crippen molar-refractivity contribution in [3.05, 3.63) is 28.0 Å². The van der Waals surface area contributed by atoms with E-state index >= 15 is 0 Å². The molecule has 0 fully saturated rings. The van der Waals surface area contributed by atoms with E-state index in [4.69, 9.17) is 0 Å². The zero-order valence-corrected chi connectivity index (χ0v) is 11.1. The summed E-state index contributed by atoms with van der Waals surface area (Å²) in [6, 6.07) is 4.30. The molecule has 0 aliphatic carbocycles. The van der Waals surface area contributed by atoms with Crippen molar-refractivity contribution in [3.63, 3.8) is 0 Å². The molecule has 1 heterocycles. The summed E-state index contributed by atoms with van der Waals surface area (Å²) in [7, 11) is 0. The van der Waals surface area contributed by atoms with E-state index in [-0.39, 0.29) is 5.41 Å². The van der Waals surface area contributed by atoms with Gasteiger partial charge in [-0.25, -0.2) is 4.98 Å². The standard InChI is InChI=1S/C12H18BrN/c1-8(2)9-6-10(12(3,4)5)14-11(13)7-9/h6-8H,1-5H3. The highest BCUT2D eigenvalue weighted by molar-refractivity contribution is 9.10. The second-order valence-electron chi connectivity index (χ2n) is 5.01. The second-order valence-corrected chi connectivity index (χ2v) is 5.83. The number of aromatic nitrogens is 1. The lowest BCUT2D eigenvalue weighted by molar-refractivity contribution is 0.565. The lowest BCUT2D eigenvalue weighted by Gasteiger charge is -2.19. The molecule has 0 saturated heterocycles. The van der Waals surface area contributed by atoms with Crippen LogP contribution >= 0.6 is 15.9 Å². The van der Waals surface area contributed by atoms with Crippen molar-refractivity contribution in [1.82, 2.24) is 4.98 Å². The molecule has 2 heteroatoms. The zero-order valence-electron chi connectivity index (χ0n) is 9.56. The van der Waals surface area contributed by atoms with Crippen LogP contribution in [0.15, 0.2) is 16.7 Å². The van der Waals surface area contributed by atoms with Crippen LogP contribution in [0.25, 0.3) is 0 Å². The molecule has 0 saturated carbocycles. The van der Waals surface area contributed by atoms with Gasteiger partial charge in [0.25, 0.3) is 0 Å². The molecule has 1 rings (SSSR count). The van der Waals surface area contributed by atoms with Crippen molar-refractivity contribution in [2.75, 3.05) is 0 Å². The summed E-state index contributed by atoms with van der Waals surface area (Å²) in [5, 5.41) is 0. The average Bonchev–Trinajstić information content (AvgIpc) is 2.01. The van der Waals surface area contributed by atoms with E-state index in [1.165, 1.54) is 5.56 Å². The van der Waals surface area contributed by atoms with E-state index < -0.39 is 0 Å². The minimum atomic E-state index is 0.118. The zero-order chi connectivity index (χ0) is 10.9. The monoisotopic (exact) mass is 255 g/mol. The van der Waals surface area contributed by atoms with Crippen LogP contribution in [-0.4, -0.2) is 4.98 Å². The number of halogens is 1. The van der Waals surface area contributed by atoms with Crippen LogP contribution in [0.4, 0.5) is 0 Å². The number of hydrogen-bond acceptors (Lipinski definition) is 1. The molecule has 0 unspecified atom stereocenters. The quantitative estimate of drug-likeness (QED) is 0.684. The van der Waals surface area contributed by atoms with Crippen molar-refractivity contribution in [3.8, 4) is 0 Å². The highest BCUT2D eigenvalue weighted by atomic mass is 79.9. The van der Waals surface area contributed by atoms with E-state index in [1.54, 1.807) is 0 Å². The van der Waals surface area contributed by atoms with Crippen LogP contribution in [-0.2, 0) is 5.41 Å². The third-order valence-electron chi connectivity index (χ3n) is 2.25. The molecule has 1 aromatic heterocycles. The Morgan fingerprint density at radius 2 is 1.79 bits per heavy atom. The van der Waals surface area contributed by atoms with Crippen molar-refractivity contribution in [2.45, 2.75) is 46.0 Å². The third-order valence-corrected chi connectivity index (χ3v) is 2.66. The van der Waals surface area contributed by atoms with Gasteiger partial charge in [-0.3, -0.25) is 0 Å². The maximum absolute atomic E-state index is 4.50. The molecule has 78 valence electrons. The Labute approximate surface area is 95.1 Å². The summed E-state index contributed by atoms with van der Waals surface area (Å²) in [6.07, 6.45) is 0. The number of hydrogen-bond donors (Lipinski definition) is 0. The molecule has 0 radical (unpaired) electrons. The van der Waals surface area contributed by atoms with E-state index in [9.17, 15) is 0 Å². The first-order valence-electron chi connectivity index (χ1n) is 4.98. The Kier molecular flexibility index (Phi) is 3.36. The smallest absolute Gasteiger partial charge is 0.106 e. The molecule has 1 aromatic rings. The van der Waals surface area contributed by atoms with Crippen LogP contribution in [0.3, 0.4) is 0 Å². The first-order chi connectivity index (χ1) is 6.30. The summed E-state index contributed by atoms with van der Waals surface area (Å²) >= 11 is 3.46. The lowest BCUT2D eigenvalue weighted by Crippen LogP contribution is -2.14. The Balaban J connectivity index is 3.21. The van der Waals surface area contributed by atoms with Crippen molar-refractivity contribution < 1.29 is 0 Å². The molecular formula is C12H18BrN. The molecule has 0 spiro atoms. The van der Waals surface area contributed by atoms with E-state index in [0.29, 0.717) is 5.92 Å². The fourth-order valence-electron chi connectivity index (χ4n) is 1.23. The van der Waals surface area contributed by atoms with Gasteiger partial charge in [-0.2, -0.15) is 0 Å². The summed E-state index contributed by atoms with van der Waals surface area (Å²) in [5.74, 6) is 0.551. The maximum Gasteiger partial charge on any atom is 0.106 e. The van der Waals surface area contributed by atoms with Gasteiger partial charge in [-0.15, -0.1) is 0 Å². The summed E-state index contributed by atoms with van der Waals surface area (Å²) in [5.41, 5.74) is 2.61. The predicted molar refractivity (Wildman–Crippen MR) is 64.7 cm³/mol. The molecule has 0 aliphatic heterocycles. The van der Waals surface area contributed by atoms with E-state index in [2.05, 4.69) is 67.7 Å². The van der Waals surface area contributed by atoms with Gasteiger partial charge in [0, 0.05) is 11.1 Å². The molecule has 0 aromatic carbocycles. The molecular weight excluding hydrogens is 238 g/mol. The molecule has 0 atom stereocenters. The van der Waals surface area contributed by atoms with Gasteiger partial charge in [0.2, 0.25) is 0 Å². The topological polar surface area (TPSA) is 12.9 Å². The van der Waals surface area contributed by atoms with Gasteiger partial charge in [0.05, 0.1) is 0 Å². The number of rotatable bonds is 1. The highest BCUT2D eigenvalue weighted by Gasteiger charge is 2.17. The maximum atomic E-state index is 4.50. The molecule has 0 amide bonds. The Morgan fingerprint density at radius 1 is 1.21 bits per heavy atom. The van der Waals surface area contributed by atoms with Crippen molar-refractivity contribution in [2.24, 2.45) is 0 Å². The van der Waals surface area contributed by atoms with Gasteiger partial charge in [0.1, 0.15) is 4.60 Å². The average molecular weight is 256 g/mol. The lowest BCUT2D eigenvalue weighted by atomic mass is 9.89. The molecule has 1 nitrogen and oxygen atoms in total. The SMILES string of the molecule is CC(C)c1cc(Br)nc(C(C)(C)C)c1. The summed E-state index contributed by atoms with van der Waals surface area (Å²) in [6.45, 7) is 11.0. The van der Waals surface area contributed by atoms with Crippen LogP contribution in [0.2, 0.25) is 0 Å². The molecule has 14 heavy (non-hydrogen) atoms. The van der Waals surface area contributed by atoms with Gasteiger partial charge in [0.15, 0.2) is 0 Å². The number of nitrogens with zero attached hydrogens (tertiary/aromatic N) is 1. The van der Waals surface area contributed by atoms with Gasteiger partial charge in [-0.05, 0) is 39.5 Å². The van der Waals surface area contributed by atoms with E-state index in [1.807, 2.05) is 0 Å². The fourth-order valence-corrected chi connectivity index (χ4v) is 1.69. The van der Waals surface area contributed by atoms with Crippen LogP contribution in [0.5, 0.6) is 0 Å². The Hall–Kier alpha value is -0.370. The van der Waals surface area contributed by atoms with Gasteiger partial charge in [-0.1, -0.05) is 34.6 Å². The van der Waals surface area contributed by atoms with Crippen molar-refractivity contribution >= 4 is 15.9 Å². The molecule has 0 aliphatic rings. The minimum absolute atomic E-state index is 0.118. The normalized spacial score (nSPS) is 12.2. The summed E-state index contributed by atoms with van der Waals surface area (Å²) in [4.78, 5) is 4.50. The molecule has 0 N–H and O–H groups in total. The second kappa shape index (κ2) is 4.01. The Bertz CT molecular complexity index is 324. The van der Waals surface area contributed by atoms with Crippen LogP contribution < -0.4 is 0 Å². The first kappa shape index (κ1) is 11.7. The largest absolute Gasteiger partial charge is 0.245 e. The van der Waals surface area contributed by atoms with Gasteiger partial charge >= 0.3 is 0 Å². The number of pyridine rings is 1. The minimum Gasteiger partial charge on any atom is -0.245 e. The van der Waals surface area contributed by atoms with E-state index in [0.717, 1.165) is 10.3 Å². The van der Waals surface area contributed by atoms with Crippen LogP contribution in [0, 0.1) is 0 Å². The van der Waals surface area contributed by atoms with Gasteiger partial charge < -0.3 is 0 Å². The highest BCUT2D eigenvalue weighted by Crippen LogP contribution is 2.26. The van der Waals surface area contributed by atoms with Crippen LogP contribution in [0.1, 0.15) is 51.8 Å². The fraction of sp³-hybridized carbons (Fsp3) is 0.583. The predicted octanol–water partition coefficient (Wildman–Crippen LogP) is 4.27. The van der Waals surface area contributed by atoms with Crippen molar-refractivity contribution in [1.29, 1.82) is 0 Å². The first-order valence-corrected chi connectivity index (χ1v) is 5.78. The summed E-state index contributed by atoms with van der Waals surface area (Å²) < 4.78 is 0.939.